The summed E-state index contributed by atoms with van der Waals surface area (Å²) in [6, 6.07) is 15.6. The van der Waals surface area contributed by atoms with E-state index >= 15 is 0 Å². The second-order valence-electron chi connectivity index (χ2n) is 6.59. The van der Waals surface area contributed by atoms with Crippen LogP contribution in [0.4, 0.5) is 4.79 Å². The summed E-state index contributed by atoms with van der Waals surface area (Å²) in [6.45, 7) is -0.00490. The quantitative estimate of drug-likeness (QED) is 0.523. The molecule has 0 aromatic heterocycles. The van der Waals surface area contributed by atoms with Gasteiger partial charge in [-0.1, -0.05) is 48.5 Å². The van der Waals surface area contributed by atoms with Gasteiger partial charge in [0, 0.05) is 12.3 Å². The molecule has 0 saturated heterocycles. The highest BCUT2D eigenvalue weighted by molar-refractivity contribution is 7.86. The number of methoxy groups -OCH3 is 1. The van der Waals surface area contributed by atoms with Gasteiger partial charge in [-0.25, -0.2) is 4.79 Å². The smallest absolute Gasteiger partial charge is 0.408 e. The van der Waals surface area contributed by atoms with Crippen molar-refractivity contribution in [2.24, 2.45) is 0 Å². The van der Waals surface area contributed by atoms with Crippen molar-refractivity contribution in [2.75, 3.05) is 13.7 Å². The lowest BCUT2D eigenvalue weighted by atomic mass is 9.98. The van der Waals surface area contributed by atoms with Crippen molar-refractivity contribution in [3.63, 3.8) is 0 Å². The van der Waals surface area contributed by atoms with Gasteiger partial charge in [0.2, 0.25) is 0 Å². The Morgan fingerprint density at radius 3 is 2.14 bits per heavy atom. The summed E-state index contributed by atoms with van der Waals surface area (Å²) in [7, 11) is -3.46. The van der Waals surface area contributed by atoms with Gasteiger partial charge in [-0.2, -0.15) is 8.42 Å². The lowest BCUT2D eigenvalue weighted by Crippen LogP contribution is -2.41. The van der Waals surface area contributed by atoms with Gasteiger partial charge in [0.05, 0.1) is 7.11 Å². The van der Waals surface area contributed by atoms with E-state index in [2.05, 4.69) is 10.1 Å². The average molecular weight is 419 g/mol. The molecule has 1 aliphatic rings. The predicted octanol–water partition coefficient (Wildman–Crippen LogP) is 2.69. The van der Waals surface area contributed by atoms with Gasteiger partial charge >= 0.3 is 12.1 Å². The zero-order valence-corrected chi connectivity index (χ0v) is 16.5. The number of amides is 1. The van der Waals surface area contributed by atoms with E-state index in [0.717, 1.165) is 29.4 Å². The van der Waals surface area contributed by atoms with E-state index in [9.17, 15) is 22.6 Å². The van der Waals surface area contributed by atoms with Crippen molar-refractivity contribution in [1.82, 2.24) is 5.32 Å². The summed E-state index contributed by atoms with van der Waals surface area (Å²) in [6.07, 6.45) is -1.63. The molecule has 1 amide bonds. The molecular formula is C20H21NO7S. The van der Waals surface area contributed by atoms with Crippen LogP contribution in [0.15, 0.2) is 48.5 Å². The third kappa shape index (κ3) is 4.75. The first-order chi connectivity index (χ1) is 13.8. The Balaban J connectivity index is 1.68. The standard InChI is InChI=1S/C20H21NO7S/c1-27-19(22)11-10-18(29(24,25)26)21-20(23)28-12-17-15-8-4-2-6-13(15)14-7-3-5-9-16(14)17/h2-9,17-18H,10-12H2,1H3,(H,21,23)(H,24,25,26). The monoisotopic (exact) mass is 419 g/mol. The molecule has 3 rings (SSSR count). The number of alkyl carbamates (subject to hydrolysis) is 1. The molecule has 0 aliphatic heterocycles. The van der Waals surface area contributed by atoms with Crippen molar-refractivity contribution in [3.05, 3.63) is 59.7 Å². The van der Waals surface area contributed by atoms with Crippen LogP contribution in [0.5, 0.6) is 0 Å². The summed E-state index contributed by atoms with van der Waals surface area (Å²) in [5, 5.41) is 0.432. The number of fused-ring (bicyclic) bond motifs is 3. The average Bonchev–Trinajstić information content (AvgIpc) is 3.02. The zero-order chi connectivity index (χ0) is 21.0. The number of rotatable bonds is 7. The first-order valence-electron chi connectivity index (χ1n) is 8.96. The van der Waals surface area contributed by atoms with E-state index < -0.39 is 27.6 Å². The molecule has 0 spiro atoms. The summed E-state index contributed by atoms with van der Waals surface area (Å²) >= 11 is 0. The molecule has 2 aromatic rings. The van der Waals surface area contributed by atoms with Crippen molar-refractivity contribution >= 4 is 22.2 Å². The van der Waals surface area contributed by atoms with Crippen LogP contribution in [0.1, 0.15) is 29.9 Å². The van der Waals surface area contributed by atoms with E-state index in [1.807, 2.05) is 48.5 Å². The van der Waals surface area contributed by atoms with Crippen molar-refractivity contribution in [2.45, 2.75) is 24.1 Å². The van der Waals surface area contributed by atoms with E-state index in [1.54, 1.807) is 0 Å². The lowest BCUT2D eigenvalue weighted by molar-refractivity contribution is -0.140. The Hall–Kier alpha value is -2.91. The van der Waals surface area contributed by atoms with Gasteiger partial charge in [-0.15, -0.1) is 0 Å². The predicted molar refractivity (Wildman–Crippen MR) is 105 cm³/mol. The second kappa shape index (κ2) is 8.62. The fourth-order valence-corrected chi connectivity index (χ4v) is 4.08. The van der Waals surface area contributed by atoms with Crippen LogP contribution in [0, 0.1) is 0 Å². The molecular weight excluding hydrogens is 398 g/mol. The highest BCUT2D eigenvalue weighted by atomic mass is 32.2. The first kappa shape index (κ1) is 20.8. The number of carbonyl (C=O) groups is 2. The Bertz CT molecular complexity index is 973. The Labute approximate surface area is 168 Å². The van der Waals surface area contributed by atoms with Gasteiger partial charge in [0.15, 0.2) is 5.37 Å². The molecule has 2 N–H and O–H groups in total. The SMILES string of the molecule is COC(=O)CCC(NC(=O)OCC1c2ccccc2-c2ccccc21)S(=O)(=O)O. The Kier molecular flexibility index (Phi) is 6.19. The molecule has 8 nitrogen and oxygen atoms in total. The van der Waals surface area contributed by atoms with Crippen LogP contribution in [-0.4, -0.2) is 44.1 Å². The maximum absolute atomic E-state index is 12.2. The Morgan fingerprint density at radius 2 is 1.62 bits per heavy atom. The van der Waals surface area contributed by atoms with Crippen LogP contribution in [0.3, 0.4) is 0 Å². The van der Waals surface area contributed by atoms with Gasteiger partial charge < -0.3 is 14.8 Å². The summed E-state index contributed by atoms with van der Waals surface area (Å²) in [5.41, 5.74) is 4.15. The van der Waals surface area contributed by atoms with Gasteiger partial charge in [-0.05, 0) is 28.7 Å². The molecule has 0 radical (unpaired) electrons. The molecule has 1 unspecified atom stereocenters. The highest BCUT2D eigenvalue weighted by Gasteiger charge is 2.30. The fraction of sp³-hybridized carbons (Fsp3) is 0.300. The van der Waals surface area contributed by atoms with E-state index in [0.29, 0.717) is 0 Å². The molecule has 9 heteroatoms. The summed E-state index contributed by atoms with van der Waals surface area (Å²) in [4.78, 5) is 23.4. The van der Waals surface area contributed by atoms with Crippen LogP contribution >= 0.6 is 0 Å². The van der Waals surface area contributed by atoms with Crippen LogP contribution in [0.2, 0.25) is 0 Å². The zero-order valence-electron chi connectivity index (χ0n) is 15.7. The second-order valence-corrected chi connectivity index (χ2v) is 8.19. The number of carbonyl (C=O) groups excluding carboxylic acids is 2. The van der Waals surface area contributed by atoms with Crippen molar-refractivity contribution in [3.8, 4) is 11.1 Å². The number of hydrogen-bond acceptors (Lipinski definition) is 6. The first-order valence-corrected chi connectivity index (χ1v) is 10.5. The van der Waals surface area contributed by atoms with E-state index in [4.69, 9.17) is 4.74 Å². The number of ether oxygens (including phenoxy) is 2. The fourth-order valence-electron chi connectivity index (χ4n) is 3.42. The molecule has 0 heterocycles. The maximum atomic E-state index is 12.2. The minimum Gasteiger partial charge on any atom is -0.469 e. The van der Waals surface area contributed by atoms with Crippen LogP contribution in [0.25, 0.3) is 11.1 Å². The minimum atomic E-state index is -4.62. The van der Waals surface area contributed by atoms with Crippen molar-refractivity contribution < 1.29 is 32.0 Å². The largest absolute Gasteiger partial charge is 0.469 e. The van der Waals surface area contributed by atoms with Crippen molar-refractivity contribution in [1.29, 1.82) is 0 Å². The summed E-state index contributed by atoms with van der Waals surface area (Å²) in [5.74, 6) is -0.847. The van der Waals surface area contributed by atoms with Gasteiger partial charge in [0.25, 0.3) is 10.1 Å². The Morgan fingerprint density at radius 1 is 1.07 bits per heavy atom. The van der Waals surface area contributed by atoms with Crippen LogP contribution in [-0.2, 0) is 24.4 Å². The minimum absolute atomic E-state index is 0.00490. The summed E-state index contributed by atoms with van der Waals surface area (Å²) < 4.78 is 42.0. The molecule has 0 bridgehead atoms. The normalized spacial score (nSPS) is 13.9. The maximum Gasteiger partial charge on any atom is 0.408 e. The lowest BCUT2D eigenvalue weighted by Gasteiger charge is -2.18. The molecule has 154 valence electrons. The molecule has 0 saturated carbocycles. The van der Waals surface area contributed by atoms with Crippen LogP contribution < -0.4 is 5.32 Å². The number of benzene rings is 2. The molecule has 1 aliphatic carbocycles. The number of nitrogens with one attached hydrogen (secondary N) is 1. The third-order valence-corrected chi connectivity index (χ3v) is 5.89. The van der Waals surface area contributed by atoms with Gasteiger partial charge in [-0.3, -0.25) is 9.35 Å². The highest BCUT2D eigenvalue weighted by Crippen LogP contribution is 2.44. The molecule has 2 aromatic carbocycles. The molecule has 0 fully saturated rings. The molecule has 1 atom stereocenters. The topological polar surface area (TPSA) is 119 Å². The number of hydrogen-bond donors (Lipinski definition) is 2. The third-order valence-electron chi connectivity index (χ3n) is 4.82. The molecule has 29 heavy (non-hydrogen) atoms. The van der Waals surface area contributed by atoms with E-state index in [1.165, 1.54) is 0 Å². The van der Waals surface area contributed by atoms with E-state index in [-0.39, 0.29) is 25.4 Å². The van der Waals surface area contributed by atoms with Gasteiger partial charge in [0.1, 0.15) is 6.61 Å². The number of esters is 1.